The third kappa shape index (κ3) is 4.43. The highest BCUT2D eigenvalue weighted by atomic mass is 19.4. The summed E-state index contributed by atoms with van der Waals surface area (Å²) in [4.78, 5) is 24.4. The third-order valence-electron chi connectivity index (χ3n) is 3.76. The number of halogens is 3. The number of piperidine rings is 1. The lowest BCUT2D eigenvalue weighted by atomic mass is 10.0. The number of ether oxygens (including phenoxy) is 1. The number of likely N-dealkylation sites (tertiary alicyclic amines) is 1. The van der Waals surface area contributed by atoms with Crippen LogP contribution >= 0.6 is 0 Å². The summed E-state index contributed by atoms with van der Waals surface area (Å²) in [5.41, 5.74) is -2.80. The fourth-order valence-corrected chi connectivity index (χ4v) is 2.70. The van der Waals surface area contributed by atoms with E-state index in [1.165, 1.54) is 4.90 Å². The van der Waals surface area contributed by atoms with E-state index in [1.807, 2.05) is 0 Å². The van der Waals surface area contributed by atoms with Gasteiger partial charge in [0, 0.05) is 13.1 Å². The van der Waals surface area contributed by atoms with Crippen molar-refractivity contribution < 1.29 is 32.6 Å². The van der Waals surface area contributed by atoms with Crippen molar-refractivity contribution in [2.75, 3.05) is 13.1 Å². The van der Waals surface area contributed by atoms with Crippen LogP contribution < -0.4 is 0 Å². The molecule has 1 saturated heterocycles. The molecule has 2 heterocycles. The van der Waals surface area contributed by atoms with Crippen molar-refractivity contribution in [3.8, 4) is 0 Å². The van der Waals surface area contributed by atoms with Gasteiger partial charge >= 0.3 is 18.2 Å². The minimum absolute atomic E-state index is 0.207. The zero-order chi connectivity index (χ0) is 19.0. The average Bonchev–Trinajstić information content (AvgIpc) is 2.90. The first-order chi connectivity index (χ1) is 11.4. The van der Waals surface area contributed by atoms with Crippen molar-refractivity contribution in [3.05, 3.63) is 17.5 Å². The Morgan fingerprint density at radius 1 is 1.24 bits per heavy atom. The van der Waals surface area contributed by atoms with Gasteiger partial charge in [0.1, 0.15) is 11.2 Å². The van der Waals surface area contributed by atoms with Crippen LogP contribution in [-0.2, 0) is 10.9 Å². The molecule has 140 valence electrons. The van der Waals surface area contributed by atoms with Crippen LogP contribution in [0.1, 0.15) is 55.7 Å². The zero-order valence-corrected chi connectivity index (χ0v) is 14.1. The molecular formula is C15H20F3N3O4. The van der Waals surface area contributed by atoms with Crippen LogP contribution in [0.5, 0.6) is 0 Å². The molecule has 0 unspecified atom stereocenters. The van der Waals surface area contributed by atoms with Gasteiger partial charge in [0.25, 0.3) is 0 Å². The van der Waals surface area contributed by atoms with Gasteiger partial charge < -0.3 is 14.7 Å². The third-order valence-corrected chi connectivity index (χ3v) is 3.76. The highest BCUT2D eigenvalue weighted by molar-refractivity contribution is 5.88. The fraction of sp³-hybridized carbons (Fsp3) is 0.667. The molecule has 0 aliphatic carbocycles. The highest BCUT2D eigenvalue weighted by Crippen LogP contribution is 2.36. The second-order valence-corrected chi connectivity index (χ2v) is 6.85. The molecule has 25 heavy (non-hydrogen) atoms. The fourth-order valence-electron chi connectivity index (χ4n) is 2.70. The van der Waals surface area contributed by atoms with Gasteiger partial charge in [-0.2, -0.15) is 18.3 Å². The lowest BCUT2D eigenvalue weighted by molar-refractivity contribution is -0.145. The number of rotatable bonds is 2. The van der Waals surface area contributed by atoms with Crippen molar-refractivity contribution in [1.29, 1.82) is 0 Å². The van der Waals surface area contributed by atoms with Crippen LogP contribution in [0, 0.1) is 0 Å². The standard InChI is InChI=1S/C15H20F3N3O4/c1-14(2,3)25-13(24)20-6-4-9(5-7-20)21-11(15(16,17)18)10(8-19-21)12(22)23/h8-9H,4-7H2,1-3H3,(H,22,23). The van der Waals surface area contributed by atoms with E-state index in [4.69, 9.17) is 9.84 Å². The predicted molar refractivity (Wildman–Crippen MR) is 80.3 cm³/mol. The Bertz CT molecular complexity index is 656. The van der Waals surface area contributed by atoms with Crippen LogP contribution in [0.15, 0.2) is 6.20 Å². The molecule has 1 aromatic rings. The first-order valence-electron chi connectivity index (χ1n) is 7.76. The Labute approximate surface area is 142 Å². The van der Waals surface area contributed by atoms with E-state index >= 15 is 0 Å². The quantitative estimate of drug-likeness (QED) is 0.872. The van der Waals surface area contributed by atoms with E-state index in [1.54, 1.807) is 20.8 Å². The molecule has 7 nitrogen and oxygen atoms in total. The van der Waals surface area contributed by atoms with Crippen molar-refractivity contribution >= 4 is 12.1 Å². The van der Waals surface area contributed by atoms with Gasteiger partial charge in [-0.25, -0.2) is 9.59 Å². The molecule has 1 aliphatic heterocycles. The smallest absolute Gasteiger partial charge is 0.433 e. The zero-order valence-electron chi connectivity index (χ0n) is 14.1. The number of alkyl halides is 3. The molecule has 0 saturated carbocycles. The Kier molecular flexibility index (Phi) is 5.01. The summed E-state index contributed by atoms with van der Waals surface area (Å²) in [6, 6.07) is -0.636. The predicted octanol–water partition coefficient (Wildman–Crippen LogP) is 3.17. The van der Waals surface area contributed by atoms with Gasteiger partial charge in [0.2, 0.25) is 0 Å². The number of aromatic carboxylic acids is 1. The number of carbonyl (C=O) groups is 2. The summed E-state index contributed by atoms with van der Waals surface area (Å²) in [6.07, 6.45) is -4.18. The first kappa shape index (κ1) is 19.1. The van der Waals surface area contributed by atoms with Crippen molar-refractivity contribution in [3.63, 3.8) is 0 Å². The molecule has 0 spiro atoms. The summed E-state index contributed by atoms with van der Waals surface area (Å²) in [6.45, 7) is 5.59. The van der Waals surface area contributed by atoms with Crippen LogP contribution in [-0.4, -0.2) is 50.5 Å². The average molecular weight is 363 g/mol. The van der Waals surface area contributed by atoms with E-state index in [0.717, 1.165) is 4.68 Å². The number of carboxylic acid groups (broad SMARTS) is 1. The normalized spacial score (nSPS) is 16.8. The first-order valence-corrected chi connectivity index (χ1v) is 7.76. The Hall–Kier alpha value is -2.26. The Balaban J connectivity index is 2.14. The molecule has 1 N–H and O–H groups in total. The van der Waals surface area contributed by atoms with Gasteiger partial charge in [-0.3, -0.25) is 4.68 Å². The Morgan fingerprint density at radius 2 is 1.80 bits per heavy atom. The molecule has 2 rings (SSSR count). The van der Waals surface area contributed by atoms with Crippen molar-refractivity contribution in [1.82, 2.24) is 14.7 Å². The summed E-state index contributed by atoms with van der Waals surface area (Å²) in [5.74, 6) is -1.68. The largest absolute Gasteiger partial charge is 0.478 e. The lowest BCUT2D eigenvalue weighted by Crippen LogP contribution is -2.42. The number of amides is 1. The highest BCUT2D eigenvalue weighted by Gasteiger charge is 2.42. The summed E-state index contributed by atoms with van der Waals surface area (Å²) >= 11 is 0. The number of hydrogen-bond acceptors (Lipinski definition) is 4. The number of nitrogens with zero attached hydrogens (tertiary/aromatic N) is 3. The summed E-state index contributed by atoms with van der Waals surface area (Å²) in [5, 5.41) is 12.6. The topological polar surface area (TPSA) is 84.7 Å². The molecule has 1 fully saturated rings. The van der Waals surface area contributed by atoms with Crippen molar-refractivity contribution in [2.45, 2.75) is 51.4 Å². The van der Waals surface area contributed by atoms with E-state index in [0.29, 0.717) is 6.20 Å². The van der Waals surface area contributed by atoms with Gasteiger partial charge in [-0.15, -0.1) is 0 Å². The maximum absolute atomic E-state index is 13.2. The lowest BCUT2D eigenvalue weighted by Gasteiger charge is -2.34. The molecule has 0 radical (unpaired) electrons. The molecule has 0 atom stereocenters. The molecule has 10 heteroatoms. The van der Waals surface area contributed by atoms with Crippen LogP contribution in [0.4, 0.5) is 18.0 Å². The molecular weight excluding hydrogens is 343 g/mol. The number of aromatic nitrogens is 2. The molecule has 1 aliphatic rings. The van der Waals surface area contributed by atoms with Gasteiger partial charge in [0.05, 0.1) is 12.2 Å². The Morgan fingerprint density at radius 3 is 2.24 bits per heavy atom. The monoisotopic (exact) mass is 363 g/mol. The van der Waals surface area contributed by atoms with Crippen LogP contribution in [0.3, 0.4) is 0 Å². The number of hydrogen-bond donors (Lipinski definition) is 1. The van der Waals surface area contributed by atoms with Crippen molar-refractivity contribution in [2.24, 2.45) is 0 Å². The van der Waals surface area contributed by atoms with Gasteiger partial charge in [-0.1, -0.05) is 0 Å². The second-order valence-electron chi connectivity index (χ2n) is 6.85. The second kappa shape index (κ2) is 6.57. The van der Waals surface area contributed by atoms with Gasteiger partial charge in [-0.05, 0) is 33.6 Å². The van der Waals surface area contributed by atoms with E-state index in [2.05, 4.69) is 5.10 Å². The van der Waals surface area contributed by atoms with Crippen LogP contribution in [0.2, 0.25) is 0 Å². The number of carboxylic acids is 1. The minimum Gasteiger partial charge on any atom is -0.478 e. The SMILES string of the molecule is CC(C)(C)OC(=O)N1CCC(n2ncc(C(=O)O)c2C(F)(F)F)CC1. The number of carbonyl (C=O) groups excluding carboxylic acids is 1. The summed E-state index contributed by atoms with van der Waals surface area (Å²) in [7, 11) is 0. The van der Waals surface area contributed by atoms with E-state index in [-0.39, 0.29) is 25.9 Å². The van der Waals surface area contributed by atoms with E-state index in [9.17, 15) is 22.8 Å². The molecule has 1 amide bonds. The van der Waals surface area contributed by atoms with E-state index < -0.39 is 41.1 Å². The summed E-state index contributed by atoms with van der Waals surface area (Å²) < 4.78 is 45.7. The molecule has 1 aromatic heterocycles. The maximum Gasteiger partial charge on any atom is 0.433 e. The van der Waals surface area contributed by atoms with Gasteiger partial charge in [0.15, 0.2) is 5.69 Å². The molecule has 0 bridgehead atoms. The molecule has 0 aromatic carbocycles. The maximum atomic E-state index is 13.2. The minimum atomic E-state index is -4.83. The van der Waals surface area contributed by atoms with Crippen LogP contribution in [0.25, 0.3) is 0 Å².